The second-order valence-electron chi connectivity index (χ2n) is 5.59. The average molecular weight is 403 g/mol. The summed E-state index contributed by atoms with van der Waals surface area (Å²) in [6.45, 7) is 1.48. The molecule has 1 aromatic heterocycles. The van der Waals surface area contributed by atoms with Crippen molar-refractivity contribution >= 4 is 22.0 Å². The predicted molar refractivity (Wildman–Crippen MR) is 100 cm³/mol. The molecule has 0 saturated carbocycles. The van der Waals surface area contributed by atoms with Crippen molar-refractivity contribution in [2.45, 2.75) is 11.8 Å². The molecule has 0 radical (unpaired) electrons. The first-order valence-corrected chi connectivity index (χ1v) is 9.35. The molecule has 9 nitrogen and oxygen atoms in total. The Balaban J connectivity index is 0.000000203. The Morgan fingerprint density at radius 3 is 1.93 bits per heavy atom. The number of benzene rings is 2. The third-order valence-corrected chi connectivity index (χ3v) is 4.57. The largest absolute Gasteiger partial charge is 0.478 e. The Kier molecular flexibility index (Phi) is 6.29. The Labute approximate surface area is 160 Å². The van der Waals surface area contributed by atoms with Gasteiger partial charge in [0.15, 0.2) is 0 Å². The van der Waals surface area contributed by atoms with Gasteiger partial charge in [0, 0.05) is 0 Å². The first-order valence-electron chi connectivity index (χ1n) is 7.80. The van der Waals surface area contributed by atoms with Crippen LogP contribution in [0.25, 0.3) is 5.69 Å². The summed E-state index contributed by atoms with van der Waals surface area (Å²) in [7, 11) is -3.67. The summed E-state index contributed by atoms with van der Waals surface area (Å²) >= 11 is 0. The Bertz CT molecular complexity index is 1080. The molecule has 28 heavy (non-hydrogen) atoms. The van der Waals surface area contributed by atoms with Crippen LogP contribution in [-0.4, -0.2) is 40.3 Å². The fourth-order valence-electron chi connectivity index (χ4n) is 2.27. The van der Waals surface area contributed by atoms with Gasteiger partial charge >= 0.3 is 11.9 Å². The van der Waals surface area contributed by atoms with Crippen molar-refractivity contribution < 1.29 is 28.2 Å². The zero-order chi connectivity index (χ0) is 20.9. The molecule has 0 bridgehead atoms. The van der Waals surface area contributed by atoms with Gasteiger partial charge in [0.05, 0.1) is 29.2 Å². The van der Waals surface area contributed by atoms with Crippen LogP contribution >= 0.6 is 0 Å². The van der Waals surface area contributed by atoms with Gasteiger partial charge in [-0.05, 0) is 36.8 Å². The standard InChI is InChI=1S/C9H9N3O2S.C9H8O4/c10-15(13,14)9-6-11-12(7-9)8-4-2-1-3-5-8;1-5-6(8(10)11)3-2-4-7(5)9(12)13/h1-7H,(H2,10,13,14);2-4H,1H3,(H,10,11)(H,12,13). The molecule has 3 rings (SSSR count). The molecule has 0 atom stereocenters. The third kappa shape index (κ3) is 5.02. The molecular formula is C18H17N3O6S. The topological polar surface area (TPSA) is 153 Å². The molecule has 0 spiro atoms. The van der Waals surface area contributed by atoms with Crippen LogP contribution in [-0.2, 0) is 10.0 Å². The molecule has 146 valence electrons. The number of aromatic nitrogens is 2. The number of rotatable bonds is 4. The number of aromatic carboxylic acids is 2. The Morgan fingerprint density at radius 1 is 0.964 bits per heavy atom. The number of carboxylic acid groups (broad SMARTS) is 2. The van der Waals surface area contributed by atoms with Crippen LogP contribution in [0.4, 0.5) is 0 Å². The predicted octanol–water partition coefficient (Wildman–Crippen LogP) is 1.91. The highest BCUT2D eigenvalue weighted by Crippen LogP contribution is 2.13. The first-order chi connectivity index (χ1) is 13.1. The minimum Gasteiger partial charge on any atom is -0.478 e. The lowest BCUT2D eigenvalue weighted by Gasteiger charge is -2.03. The average Bonchev–Trinajstić information content (AvgIpc) is 3.13. The van der Waals surface area contributed by atoms with Crippen LogP contribution in [0.2, 0.25) is 0 Å². The molecule has 4 N–H and O–H groups in total. The van der Waals surface area contributed by atoms with Crippen LogP contribution in [0, 0.1) is 6.92 Å². The molecule has 1 heterocycles. The molecule has 0 amide bonds. The second kappa shape index (κ2) is 8.46. The van der Waals surface area contributed by atoms with Crippen LogP contribution < -0.4 is 5.14 Å². The summed E-state index contributed by atoms with van der Waals surface area (Å²) in [4.78, 5) is 21.2. The van der Waals surface area contributed by atoms with Crippen LogP contribution in [0.1, 0.15) is 26.3 Å². The van der Waals surface area contributed by atoms with Crippen molar-refractivity contribution in [2.24, 2.45) is 5.14 Å². The van der Waals surface area contributed by atoms with E-state index in [1.165, 1.54) is 42.2 Å². The molecule has 0 unspecified atom stereocenters. The van der Waals surface area contributed by atoms with Crippen molar-refractivity contribution in [3.63, 3.8) is 0 Å². The summed E-state index contributed by atoms with van der Waals surface area (Å²) in [5.41, 5.74) is 1.12. The molecule has 0 saturated heterocycles. The minimum absolute atomic E-state index is 0.00588. The molecule has 0 aliphatic heterocycles. The molecule has 2 aromatic carbocycles. The van der Waals surface area contributed by atoms with E-state index in [0.717, 1.165) is 5.69 Å². The maximum absolute atomic E-state index is 11.0. The van der Waals surface area contributed by atoms with Gasteiger partial charge in [-0.3, -0.25) is 0 Å². The van der Waals surface area contributed by atoms with Gasteiger partial charge in [0.1, 0.15) is 4.90 Å². The smallest absolute Gasteiger partial charge is 0.335 e. The lowest BCUT2D eigenvalue weighted by molar-refractivity contribution is 0.0696. The molecule has 3 aromatic rings. The third-order valence-electron chi connectivity index (χ3n) is 3.70. The van der Waals surface area contributed by atoms with Crippen molar-refractivity contribution in [2.75, 3.05) is 0 Å². The van der Waals surface area contributed by atoms with Gasteiger partial charge < -0.3 is 10.2 Å². The van der Waals surface area contributed by atoms with Crippen LogP contribution in [0.15, 0.2) is 65.8 Å². The van der Waals surface area contributed by atoms with Crippen molar-refractivity contribution in [3.05, 3.63) is 77.6 Å². The van der Waals surface area contributed by atoms with E-state index in [9.17, 15) is 18.0 Å². The van der Waals surface area contributed by atoms with Crippen LogP contribution in [0.3, 0.4) is 0 Å². The maximum Gasteiger partial charge on any atom is 0.335 e. The van der Waals surface area contributed by atoms with E-state index < -0.39 is 22.0 Å². The SMILES string of the molecule is Cc1c(C(=O)O)cccc1C(=O)O.NS(=O)(=O)c1cnn(-c2ccccc2)c1. The number of hydrogen-bond donors (Lipinski definition) is 3. The Morgan fingerprint density at radius 2 is 1.50 bits per heavy atom. The normalized spacial score (nSPS) is 10.6. The monoisotopic (exact) mass is 403 g/mol. The molecular weight excluding hydrogens is 386 g/mol. The number of sulfonamides is 1. The fourth-order valence-corrected chi connectivity index (χ4v) is 2.72. The van der Waals surface area contributed by atoms with Gasteiger partial charge in [-0.25, -0.2) is 27.8 Å². The highest BCUT2D eigenvalue weighted by Gasteiger charge is 2.13. The summed E-state index contributed by atoms with van der Waals surface area (Å²) in [6.07, 6.45) is 2.60. The number of para-hydroxylation sites is 1. The van der Waals surface area contributed by atoms with Gasteiger partial charge in [-0.15, -0.1) is 0 Å². The second-order valence-corrected chi connectivity index (χ2v) is 7.15. The molecule has 0 aliphatic carbocycles. The number of nitrogens with two attached hydrogens (primary N) is 1. The number of carboxylic acids is 2. The van der Waals surface area contributed by atoms with Gasteiger partial charge in [-0.2, -0.15) is 5.10 Å². The van der Waals surface area contributed by atoms with Gasteiger partial charge in [-0.1, -0.05) is 24.3 Å². The van der Waals surface area contributed by atoms with Crippen molar-refractivity contribution in [3.8, 4) is 5.69 Å². The first kappa shape index (κ1) is 20.8. The van der Waals surface area contributed by atoms with Gasteiger partial charge in [0.25, 0.3) is 0 Å². The highest BCUT2D eigenvalue weighted by molar-refractivity contribution is 7.89. The quantitative estimate of drug-likeness (QED) is 0.601. The maximum atomic E-state index is 11.0. The van der Waals surface area contributed by atoms with E-state index in [2.05, 4.69) is 5.10 Å². The summed E-state index contributed by atoms with van der Waals surface area (Å²) in [5.74, 6) is -2.22. The lowest BCUT2D eigenvalue weighted by atomic mass is 10.0. The van der Waals surface area contributed by atoms with E-state index in [1.54, 1.807) is 0 Å². The van der Waals surface area contributed by atoms with E-state index in [4.69, 9.17) is 15.4 Å². The number of nitrogens with zero attached hydrogens (tertiary/aromatic N) is 2. The van der Waals surface area contributed by atoms with Gasteiger partial charge in [0.2, 0.25) is 10.0 Å². The van der Waals surface area contributed by atoms with E-state index in [-0.39, 0.29) is 21.6 Å². The highest BCUT2D eigenvalue weighted by atomic mass is 32.2. The molecule has 10 heteroatoms. The minimum atomic E-state index is -3.67. The number of hydrogen-bond acceptors (Lipinski definition) is 5. The zero-order valence-corrected chi connectivity index (χ0v) is 15.5. The van der Waals surface area contributed by atoms with E-state index in [1.807, 2.05) is 30.3 Å². The van der Waals surface area contributed by atoms with Crippen LogP contribution in [0.5, 0.6) is 0 Å². The fraction of sp³-hybridized carbons (Fsp3) is 0.0556. The van der Waals surface area contributed by atoms with E-state index in [0.29, 0.717) is 0 Å². The lowest BCUT2D eigenvalue weighted by Crippen LogP contribution is -2.11. The molecule has 0 aliphatic rings. The van der Waals surface area contributed by atoms with Crippen molar-refractivity contribution in [1.29, 1.82) is 0 Å². The zero-order valence-electron chi connectivity index (χ0n) is 14.7. The molecule has 0 fully saturated rings. The number of primary sulfonamides is 1. The van der Waals surface area contributed by atoms with E-state index >= 15 is 0 Å². The number of carbonyl (C=O) groups is 2. The summed E-state index contributed by atoms with van der Waals surface area (Å²) in [6, 6.07) is 13.4. The summed E-state index contributed by atoms with van der Waals surface area (Å²) < 4.78 is 23.5. The Hall–Kier alpha value is -3.50. The van der Waals surface area contributed by atoms with Crippen molar-refractivity contribution in [1.82, 2.24) is 9.78 Å². The summed E-state index contributed by atoms with van der Waals surface area (Å²) in [5, 5.41) is 26.2.